The molecule has 0 saturated carbocycles. The predicted octanol–water partition coefficient (Wildman–Crippen LogP) is 4.38. The second-order valence-corrected chi connectivity index (χ2v) is 6.67. The van der Waals surface area contributed by atoms with Crippen molar-refractivity contribution < 1.29 is 4.79 Å². The summed E-state index contributed by atoms with van der Waals surface area (Å²) < 4.78 is 2.01. The summed E-state index contributed by atoms with van der Waals surface area (Å²) in [4.78, 5) is 16.3. The van der Waals surface area contributed by atoms with Crippen molar-refractivity contribution in [3.05, 3.63) is 54.7 Å². The third kappa shape index (κ3) is 4.06. The highest BCUT2D eigenvalue weighted by Gasteiger charge is 2.05. The van der Waals surface area contributed by atoms with Crippen molar-refractivity contribution in [2.24, 2.45) is 0 Å². The summed E-state index contributed by atoms with van der Waals surface area (Å²) in [5.41, 5.74) is 2.56. The van der Waals surface area contributed by atoms with Crippen molar-refractivity contribution in [2.45, 2.75) is 4.90 Å². The van der Waals surface area contributed by atoms with Crippen LogP contribution in [0.1, 0.15) is 0 Å². The highest BCUT2D eigenvalue weighted by atomic mass is 32.2. The molecule has 1 aromatic heterocycles. The van der Waals surface area contributed by atoms with Gasteiger partial charge < -0.3 is 15.6 Å². The smallest absolute Gasteiger partial charge is 0.323 e. The Bertz CT molecular complexity index is 828. The number of hydrogen-bond acceptors (Lipinski definition) is 3. The number of amides is 2. The Morgan fingerprint density at radius 2 is 1.83 bits per heavy atom. The molecule has 0 bridgehead atoms. The first-order valence-corrected chi connectivity index (χ1v) is 7.98. The molecule has 23 heavy (non-hydrogen) atoms. The number of benzene rings is 2. The molecular formula is C17H18N4OS. The number of urea groups is 1. The number of fused-ring (bicyclic) bond motifs is 1. The van der Waals surface area contributed by atoms with Crippen LogP contribution in [0, 0.1) is 0 Å². The van der Waals surface area contributed by atoms with Crippen LogP contribution in [0.2, 0.25) is 0 Å². The lowest BCUT2D eigenvalue weighted by atomic mass is 10.2. The predicted molar refractivity (Wildman–Crippen MR) is 96.9 cm³/mol. The van der Waals surface area contributed by atoms with Crippen molar-refractivity contribution in [3.63, 3.8) is 0 Å². The van der Waals surface area contributed by atoms with E-state index in [1.54, 1.807) is 11.9 Å². The van der Waals surface area contributed by atoms with Gasteiger partial charge in [-0.15, -0.1) is 0 Å². The van der Waals surface area contributed by atoms with E-state index in [1.807, 2.05) is 73.1 Å². The van der Waals surface area contributed by atoms with E-state index < -0.39 is 0 Å². The number of nitrogens with one attached hydrogen (secondary N) is 3. The molecule has 0 aliphatic heterocycles. The maximum absolute atomic E-state index is 12.1. The van der Waals surface area contributed by atoms with Crippen molar-refractivity contribution >= 4 is 40.3 Å². The van der Waals surface area contributed by atoms with E-state index in [1.165, 1.54) is 0 Å². The molecule has 0 spiro atoms. The zero-order chi connectivity index (χ0) is 16.2. The molecule has 3 N–H and O–H groups in total. The zero-order valence-electron chi connectivity index (χ0n) is 13.0. The number of aromatic nitrogens is 1. The molecule has 0 atom stereocenters. The van der Waals surface area contributed by atoms with Crippen molar-refractivity contribution in [2.75, 3.05) is 24.7 Å². The normalized spacial score (nSPS) is 10.9. The molecule has 0 unspecified atom stereocenters. The first-order chi connectivity index (χ1) is 11.1. The van der Waals surface area contributed by atoms with Crippen molar-refractivity contribution in [1.29, 1.82) is 0 Å². The van der Waals surface area contributed by atoms with Crippen LogP contribution in [0.5, 0.6) is 0 Å². The average molecular weight is 326 g/mol. The van der Waals surface area contributed by atoms with Crippen LogP contribution in [0.15, 0.2) is 59.6 Å². The molecule has 0 fully saturated rings. The first-order valence-electron chi connectivity index (χ1n) is 7.21. The van der Waals surface area contributed by atoms with Crippen LogP contribution in [-0.2, 0) is 0 Å². The number of H-pyrrole nitrogens is 1. The Hall–Kier alpha value is -2.44. The summed E-state index contributed by atoms with van der Waals surface area (Å²) in [6, 6.07) is 15.2. The summed E-state index contributed by atoms with van der Waals surface area (Å²) in [6.07, 6.45) is 1.88. The molecular weight excluding hydrogens is 308 g/mol. The summed E-state index contributed by atoms with van der Waals surface area (Å²) >= 11 is 1.60. The van der Waals surface area contributed by atoms with E-state index in [2.05, 4.69) is 15.6 Å². The number of anilines is 2. The van der Waals surface area contributed by atoms with Gasteiger partial charge in [0.15, 0.2) is 0 Å². The van der Waals surface area contributed by atoms with Gasteiger partial charge in [-0.3, -0.25) is 4.31 Å². The molecule has 0 saturated heterocycles. The van der Waals surface area contributed by atoms with Gasteiger partial charge in [-0.25, -0.2) is 4.79 Å². The number of carbonyl (C=O) groups excluding carboxylic acids is 1. The van der Waals surface area contributed by atoms with E-state index in [-0.39, 0.29) is 6.03 Å². The van der Waals surface area contributed by atoms with Crippen molar-refractivity contribution in [1.82, 2.24) is 9.29 Å². The number of hydrogen-bond donors (Lipinski definition) is 3. The quantitative estimate of drug-likeness (QED) is 0.624. The van der Waals surface area contributed by atoms with Crippen LogP contribution >= 0.6 is 11.9 Å². The van der Waals surface area contributed by atoms with E-state index in [9.17, 15) is 4.79 Å². The first kappa shape index (κ1) is 15.5. The van der Waals surface area contributed by atoms with Gasteiger partial charge in [-0.2, -0.15) is 0 Å². The Morgan fingerprint density at radius 3 is 2.61 bits per heavy atom. The molecule has 6 heteroatoms. The van der Waals surface area contributed by atoms with Crippen LogP contribution in [0.25, 0.3) is 10.9 Å². The molecule has 1 heterocycles. The maximum Gasteiger partial charge on any atom is 0.323 e. The molecule has 0 aliphatic rings. The highest BCUT2D eigenvalue weighted by molar-refractivity contribution is 7.97. The second kappa shape index (κ2) is 6.76. The largest absolute Gasteiger partial charge is 0.361 e. The second-order valence-electron chi connectivity index (χ2n) is 5.29. The molecule has 118 valence electrons. The molecule has 0 aliphatic carbocycles. The minimum absolute atomic E-state index is 0.258. The Labute approximate surface area is 139 Å². The van der Waals surface area contributed by atoms with Gasteiger partial charge in [0, 0.05) is 33.4 Å². The number of nitrogens with zero attached hydrogens (tertiary/aromatic N) is 1. The fourth-order valence-corrected chi connectivity index (χ4v) is 3.01. The van der Waals surface area contributed by atoms with Crippen LogP contribution in [-0.4, -0.2) is 29.4 Å². The van der Waals surface area contributed by atoms with Gasteiger partial charge in [0.25, 0.3) is 0 Å². The summed E-state index contributed by atoms with van der Waals surface area (Å²) in [7, 11) is 3.96. The zero-order valence-corrected chi connectivity index (χ0v) is 13.8. The lowest BCUT2D eigenvalue weighted by molar-refractivity contribution is 0.262. The van der Waals surface area contributed by atoms with Crippen molar-refractivity contribution in [3.8, 4) is 0 Å². The topological polar surface area (TPSA) is 60.2 Å². The molecule has 2 amide bonds. The molecule has 3 aromatic rings. The molecule has 0 radical (unpaired) electrons. The average Bonchev–Trinajstić information content (AvgIpc) is 2.94. The SMILES string of the molecule is CN(C)Sc1cccc(NC(=O)Nc2ccc3[nH]ccc3c2)c1. The van der Waals surface area contributed by atoms with E-state index in [0.717, 1.165) is 27.2 Å². The molecule has 2 aromatic carbocycles. The lowest BCUT2D eigenvalue weighted by Gasteiger charge is -2.11. The lowest BCUT2D eigenvalue weighted by Crippen LogP contribution is -2.19. The summed E-state index contributed by atoms with van der Waals surface area (Å²) in [5, 5.41) is 6.77. The third-order valence-corrected chi connectivity index (χ3v) is 4.02. The van der Waals surface area contributed by atoms with E-state index >= 15 is 0 Å². The fourth-order valence-electron chi connectivity index (χ4n) is 2.27. The van der Waals surface area contributed by atoms with E-state index in [0.29, 0.717) is 0 Å². The van der Waals surface area contributed by atoms with Crippen LogP contribution < -0.4 is 10.6 Å². The van der Waals surface area contributed by atoms with E-state index in [4.69, 9.17) is 0 Å². The minimum atomic E-state index is -0.258. The fraction of sp³-hybridized carbons (Fsp3) is 0.118. The Balaban J connectivity index is 1.66. The summed E-state index contributed by atoms with van der Waals surface area (Å²) in [6.45, 7) is 0. The number of carbonyl (C=O) groups is 1. The molecule has 3 rings (SSSR count). The van der Waals surface area contributed by atoms with Crippen LogP contribution in [0.3, 0.4) is 0 Å². The molecule has 5 nitrogen and oxygen atoms in total. The Kier molecular flexibility index (Phi) is 4.55. The Morgan fingerprint density at radius 1 is 1.04 bits per heavy atom. The minimum Gasteiger partial charge on any atom is -0.361 e. The third-order valence-electron chi connectivity index (χ3n) is 3.19. The maximum atomic E-state index is 12.1. The van der Waals surface area contributed by atoms with Gasteiger partial charge in [0.05, 0.1) is 0 Å². The van der Waals surface area contributed by atoms with Gasteiger partial charge in [0.1, 0.15) is 0 Å². The standard InChI is InChI=1S/C17H18N4OS/c1-21(2)23-15-5-3-4-13(11-15)19-17(22)20-14-6-7-16-12(10-14)8-9-18-16/h3-11,18H,1-2H3,(H2,19,20,22). The van der Waals surface area contributed by atoms with Gasteiger partial charge in [-0.05, 0) is 68.5 Å². The number of rotatable bonds is 4. The van der Waals surface area contributed by atoms with Gasteiger partial charge in [0.2, 0.25) is 0 Å². The highest BCUT2D eigenvalue weighted by Crippen LogP contribution is 2.23. The summed E-state index contributed by atoms with van der Waals surface area (Å²) in [5.74, 6) is 0. The monoisotopic (exact) mass is 326 g/mol. The van der Waals surface area contributed by atoms with Gasteiger partial charge >= 0.3 is 6.03 Å². The van der Waals surface area contributed by atoms with Gasteiger partial charge in [-0.1, -0.05) is 6.07 Å². The van der Waals surface area contributed by atoms with Crippen LogP contribution in [0.4, 0.5) is 16.2 Å². The number of aromatic amines is 1.